The van der Waals surface area contributed by atoms with Gasteiger partial charge in [-0.05, 0) is 55.8 Å². The van der Waals surface area contributed by atoms with Crippen LogP contribution in [0.3, 0.4) is 0 Å². The van der Waals surface area contributed by atoms with Gasteiger partial charge < -0.3 is 18.9 Å². The van der Waals surface area contributed by atoms with Crippen molar-refractivity contribution in [3.8, 4) is 23.0 Å². The van der Waals surface area contributed by atoms with Crippen molar-refractivity contribution in [1.82, 2.24) is 0 Å². The molecule has 0 amide bonds. The fourth-order valence-corrected chi connectivity index (χ4v) is 3.82. The fraction of sp³-hybridized carbons (Fsp3) is 0.333. The van der Waals surface area contributed by atoms with E-state index >= 15 is 0 Å². The van der Waals surface area contributed by atoms with Gasteiger partial charge in [0.25, 0.3) is 0 Å². The molecular weight excluding hydrogens is 366 g/mol. The van der Waals surface area contributed by atoms with Crippen LogP contribution in [0, 0.1) is 0 Å². The van der Waals surface area contributed by atoms with E-state index in [2.05, 4.69) is 0 Å². The third-order valence-electron chi connectivity index (χ3n) is 4.19. The molecule has 3 rings (SSSR count). The summed E-state index contributed by atoms with van der Waals surface area (Å²) in [5, 5.41) is 0. The lowest BCUT2D eigenvalue weighted by Gasteiger charge is -2.28. The summed E-state index contributed by atoms with van der Waals surface area (Å²) in [7, 11) is 4.76. The van der Waals surface area contributed by atoms with Crippen LogP contribution in [-0.2, 0) is 5.75 Å². The van der Waals surface area contributed by atoms with Crippen molar-refractivity contribution < 1.29 is 23.3 Å². The van der Waals surface area contributed by atoms with E-state index in [9.17, 15) is 4.39 Å². The second kappa shape index (κ2) is 7.72. The first kappa shape index (κ1) is 19.4. The molecule has 27 heavy (non-hydrogen) atoms. The Morgan fingerprint density at radius 2 is 1.67 bits per heavy atom. The molecule has 0 aromatic heterocycles. The molecule has 0 fully saturated rings. The van der Waals surface area contributed by atoms with Crippen molar-refractivity contribution in [1.29, 1.82) is 0 Å². The Hall–Kier alpha value is -2.34. The molecule has 0 radical (unpaired) electrons. The largest absolute Gasteiger partial charge is 0.493 e. The molecule has 0 saturated carbocycles. The van der Waals surface area contributed by atoms with Gasteiger partial charge in [-0.2, -0.15) is 0 Å². The van der Waals surface area contributed by atoms with Crippen LogP contribution in [0.2, 0.25) is 0 Å². The fourth-order valence-electron chi connectivity index (χ4n) is 2.96. The molecule has 0 spiro atoms. The maximum absolute atomic E-state index is 14.4. The highest BCUT2D eigenvalue weighted by molar-refractivity contribution is 7.98. The molecule has 144 valence electrons. The first-order valence-electron chi connectivity index (χ1n) is 8.50. The van der Waals surface area contributed by atoms with Gasteiger partial charge in [0.05, 0.1) is 26.9 Å². The maximum atomic E-state index is 14.4. The topological polar surface area (TPSA) is 36.9 Å². The second-order valence-corrected chi connectivity index (χ2v) is 7.73. The summed E-state index contributed by atoms with van der Waals surface area (Å²) < 4.78 is 36.4. The lowest BCUT2D eigenvalue weighted by Crippen LogP contribution is -2.28. The lowest BCUT2D eigenvalue weighted by atomic mass is 10.0. The zero-order chi connectivity index (χ0) is 19.6. The number of methoxy groups -OCH3 is 3. The molecule has 1 heterocycles. The minimum Gasteiger partial charge on any atom is -0.493 e. The minimum absolute atomic E-state index is 0.253. The molecule has 0 unspecified atom stereocenters. The van der Waals surface area contributed by atoms with Gasteiger partial charge in [-0.1, -0.05) is 0 Å². The lowest BCUT2D eigenvalue weighted by molar-refractivity contribution is 0.156. The molecule has 2 aromatic rings. The summed E-state index contributed by atoms with van der Waals surface area (Å²) in [6.45, 7) is 3.67. The van der Waals surface area contributed by atoms with E-state index in [-0.39, 0.29) is 5.83 Å². The predicted octanol–water partition coefficient (Wildman–Crippen LogP) is 5.49. The van der Waals surface area contributed by atoms with Crippen LogP contribution in [0.5, 0.6) is 23.0 Å². The van der Waals surface area contributed by atoms with Crippen LogP contribution in [0.25, 0.3) is 5.83 Å². The Morgan fingerprint density at radius 3 is 2.26 bits per heavy atom. The van der Waals surface area contributed by atoms with Crippen LogP contribution in [0.1, 0.15) is 25.0 Å². The van der Waals surface area contributed by atoms with E-state index in [0.29, 0.717) is 34.3 Å². The smallest absolute Gasteiger partial charge is 0.203 e. The SMILES string of the molecule is COc1cc(CSc2ccc3c(c2)C([18F])=CC(C)(C)O3)cc(OC)c1OC. The standard InChI is InChI=1S/C21H23FO4S/c1-21(2)11-16(22)15-10-14(6-7-17(15)26-21)27-12-13-8-18(23-3)20(25-5)19(9-13)24-4/h6-11H,12H2,1-5H3/i22-1. The van der Waals surface area contributed by atoms with Crippen molar-refractivity contribution >= 4 is 17.6 Å². The Labute approximate surface area is 163 Å². The number of hydrogen-bond donors (Lipinski definition) is 0. The predicted molar refractivity (Wildman–Crippen MR) is 106 cm³/mol. The van der Waals surface area contributed by atoms with Gasteiger partial charge >= 0.3 is 0 Å². The number of benzene rings is 2. The molecule has 0 atom stereocenters. The summed E-state index contributed by atoms with van der Waals surface area (Å²) >= 11 is 1.60. The Kier molecular flexibility index (Phi) is 5.56. The van der Waals surface area contributed by atoms with Crippen LogP contribution >= 0.6 is 11.8 Å². The second-order valence-electron chi connectivity index (χ2n) is 6.68. The third kappa shape index (κ3) is 4.16. The van der Waals surface area contributed by atoms with E-state index in [1.165, 1.54) is 6.08 Å². The van der Waals surface area contributed by atoms with Crippen molar-refractivity contribution in [2.24, 2.45) is 0 Å². The van der Waals surface area contributed by atoms with Crippen molar-refractivity contribution in [2.75, 3.05) is 21.3 Å². The average Bonchev–Trinajstić information content (AvgIpc) is 2.64. The van der Waals surface area contributed by atoms with E-state index < -0.39 is 5.60 Å². The number of thioether (sulfide) groups is 1. The van der Waals surface area contributed by atoms with Gasteiger partial charge in [0.2, 0.25) is 5.75 Å². The zero-order valence-corrected chi connectivity index (χ0v) is 16.9. The molecule has 6 heteroatoms. The summed E-state index contributed by atoms with van der Waals surface area (Å²) in [5.74, 6) is 2.78. The molecule has 4 nitrogen and oxygen atoms in total. The first-order valence-corrected chi connectivity index (χ1v) is 9.49. The number of hydrogen-bond acceptors (Lipinski definition) is 5. The molecule has 0 bridgehead atoms. The molecule has 0 saturated heterocycles. The Bertz CT molecular complexity index is 851. The van der Waals surface area contributed by atoms with Gasteiger partial charge in [-0.15, -0.1) is 11.8 Å². The zero-order valence-electron chi connectivity index (χ0n) is 16.1. The summed E-state index contributed by atoms with van der Waals surface area (Å²) in [6, 6.07) is 9.41. The van der Waals surface area contributed by atoms with Crippen LogP contribution in [0.15, 0.2) is 41.3 Å². The quantitative estimate of drug-likeness (QED) is 0.611. The van der Waals surface area contributed by atoms with Gasteiger partial charge in [0.15, 0.2) is 11.5 Å². The average molecular weight is 389 g/mol. The molecular formula is C21H23FO4S. The van der Waals surface area contributed by atoms with Gasteiger partial charge in [-0.25, -0.2) is 4.39 Å². The van der Waals surface area contributed by atoms with Crippen molar-refractivity contribution in [3.63, 3.8) is 0 Å². The van der Waals surface area contributed by atoms with Crippen molar-refractivity contribution in [2.45, 2.75) is 30.1 Å². The molecule has 0 N–H and O–H groups in total. The summed E-state index contributed by atoms with van der Waals surface area (Å²) in [4.78, 5) is 0.953. The van der Waals surface area contributed by atoms with Crippen LogP contribution in [-0.4, -0.2) is 26.9 Å². The van der Waals surface area contributed by atoms with Gasteiger partial charge in [0.1, 0.15) is 17.2 Å². The Morgan fingerprint density at radius 1 is 1.00 bits per heavy atom. The third-order valence-corrected chi connectivity index (χ3v) is 5.25. The Balaban J connectivity index is 1.81. The molecule has 0 aliphatic carbocycles. The normalized spacial score (nSPS) is 14.7. The summed E-state index contributed by atoms with van der Waals surface area (Å²) in [6.07, 6.45) is 1.50. The van der Waals surface area contributed by atoms with Gasteiger partial charge in [-0.3, -0.25) is 0 Å². The first-order chi connectivity index (χ1) is 12.9. The van der Waals surface area contributed by atoms with Gasteiger partial charge in [0, 0.05) is 10.6 Å². The van der Waals surface area contributed by atoms with E-state index in [1.807, 2.05) is 44.2 Å². The number of fused-ring (bicyclic) bond motifs is 1. The van der Waals surface area contributed by atoms with Crippen LogP contribution in [0.4, 0.5) is 4.39 Å². The minimum atomic E-state index is -0.637. The van der Waals surface area contributed by atoms with Crippen LogP contribution < -0.4 is 18.9 Å². The number of ether oxygens (including phenoxy) is 4. The highest BCUT2D eigenvalue weighted by Gasteiger charge is 2.27. The molecule has 1 aliphatic rings. The highest BCUT2D eigenvalue weighted by Crippen LogP contribution is 2.41. The monoisotopic (exact) mass is 389 g/mol. The molecule has 1 aliphatic heterocycles. The number of rotatable bonds is 6. The number of halogens is 1. The van der Waals surface area contributed by atoms with E-state index in [4.69, 9.17) is 18.9 Å². The summed E-state index contributed by atoms with van der Waals surface area (Å²) in [5.41, 5.74) is 0.868. The van der Waals surface area contributed by atoms with Crippen molar-refractivity contribution in [3.05, 3.63) is 47.5 Å². The van der Waals surface area contributed by atoms with E-state index in [0.717, 1.165) is 10.5 Å². The maximum Gasteiger partial charge on any atom is 0.203 e. The molecule has 2 aromatic carbocycles. The highest BCUT2D eigenvalue weighted by atomic mass is 32.2. The van der Waals surface area contributed by atoms with E-state index in [1.54, 1.807) is 33.1 Å².